The van der Waals surface area contributed by atoms with E-state index in [2.05, 4.69) is 0 Å². The van der Waals surface area contributed by atoms with E-state index in [0.717, 1.165) is 12.5 Å². The Morgan fingerprint density at radius 2 is 2.00 bits per heavy atom. The van der Waals surface area contributed by atoms with Gasteiger partial charge in [0.1, 0.15) is 0 Å². The molecule has 9 heavy (non-hydrogen) atoms. The van der Waals surface area contributed by atoms with Gasteiger partial charge in [0, 0.05) is 6.08 Å². The summed E-state index contributed by atoms with van der Waals surface area (Å²) in [4.78, 5) is 9.67. The zero-order valence-electron chi connectivity index (χ0n) is 5.03. The van der Waals surface area contributed by atoms with Crippen LogP contribution in [0.2, 0.25) is 0 Å². The minimum atomic E-state index is -0.873. The number of hydrogen-bond donors (Lipinski definition) is 1. The highest BCUT2D eigenvalue weighted by atomic mass is 35.5. The number of carboxylic acid groups (broad SMARTS) is 1. The van der Waals surface area contributed by atoms with Gasteiger partial charge < -0.3 is 5.11 Å². The lowest BCUT2D eigenvalue weighted by Crippen LogP contribution is -1.84. The average molecular weight is 173 g/mol. The third kappa shape index (κ3) is 18.2. The van der Waals surface area contributed by atoms with E-state index in [1.807, 2.05) is 6.92 Å². The Morgan fingerprint density at radius 1 is 1.56 bits per heavy atom. The van der Waals surface area contributed by atoms with Gasteiger partial charge in [0.05, 0.1) is 0 Å². The summed E-state index contributed by atoms with van der Waals surface area (Å²) in [5, 5.41) is 7.96. The summed E-state index contributed by atoms with van der Waals surface area (Å²) in [5.74, 6) is -0.873. The quantitative estimate of drug-likeness (QED) is 0.647. The van der Waals surface area contributed by atoms with Crippen LogP contribution in [-0.4, -0.2) is 11.1 Å². The van der Waals surface area contributed by atoms with Crippen LogP contribution in [-0.2, 0) is 4.79 Å². The SMILES string of the molecule is CC/C=C/C(=O)O.Cl.Cl. The van der Waals surface area contributed by atoms with Gasteiger partial charge in [0.15, 0.2) is 0 Å². The number of halogens is 2. The van der Waals surface area contributed by atoms with Gasteiger partial charge in [0.2, 0.25) is 0 Å². The highest BCUT2D eigenvalue weighted by Gasteiger charge is 1.79. The average Bonchev–Trinajstić information content (AvgIpc) is 1.61. The first-order valence-corrected chi connectivity index (χ1v) is 2.17. The molecule has 2 nitrogen and oxygen atoms in total. The highest BCUT2D eigenvalue weighted by molar-refractivity contribution is 5.85. The molecule has 0 rings (SSSR count). The van der Waals surface area contributed by atoms with Crippen molar-refractivity contribution in [1.82, 2.24) is 0 Å². The van der Waals surface area contributed by atoms with Crippen molar-refractivity contribution in [3.8, 4) is 0 Å². The zero-order valence-corrected chi connectivity index (χ0v) is 6.67. The molecule has 0 radical (unpaired) electrons. The van der Waals surface area contributed by atoms with Crippen LogP contribution in [0.15, 0.2) is 12.2 Å². The van der Waals surface area contributed by atoms with E-state index in [-0.39, 0.29) is 24.8 Å². The second-order valence-electron chi connectivity index (χ2n) is 1.15. The summed E-state index contributed by atoms with van der Waals surface area (Å²) in [5.41, 5.74) is 0. The lowest BCUT2D eigenvalue weighted by molar-refractivity contribution is -0.131. The molecular formula is C5H10Cl2O2. The summed E-state index contributed by atoms with van der Waals surface area (Å²) in [7, 11) is 0. The monoisotopic (exact) mass is 172 g/mol. The van der Waals surface area contributed by atoms with Gasteiger partial charge in [-0.1, -0.05) is 13.0 Å². The second-order valence-corrected chi connectivity index (χ2v) is 1.15. The van der Waals surface area contributed by atoms with Crippen LogP contribution in [0.3, 0.4) is 0 Å². The Hall–Kier alpha value is -0.210. The first-order valence-electron chi connectivity index (χ1n) is 2.17. The van der Waals surface area contributed by atoms with Gasteiger partial charge in [-0.05, 0) is 6.42 Å². The first-order chi connectivity index (χ1) is 3.27. The molecule has 0 aliphatic carbocycles. The van der Waals surface area contributed by atoms with Crippen LogP contribution in [0.25, 0.3) is 0 Å². The Bertz CT molecular complexity index is 91.0. The number of allylic oxidation sites excluding steroid dienone is 1. The normalized spacial score (nSPS) is 7.67. The Labute approximate surface area is 66.8 Å². The minimum Gasteiger partial charge on any atom is -0.478 e. The van der Waals surface area contributed by atoms with Gasteiger partial charge in [-0.15, -0.1) is 24.8 Å². The van der Waals surface area contributed by atoms with Gasteiger partial charge in [-0.2, -0.15) is 0 Å². The van der Waals surface area contributed by atoms with Crippen molar-refractivity contribution in [2.45, 2.75) is 13.3 Å². The lowest BCUT2D eigenvalue weighted by atomic mass is 10.4. The molecule has 0 fully saturated rings. The molecular weight excluding hydrogens is 163 g/mol. The van der Waals surface area contributed by atoms with Crippen LogP contribution >= 0.6 is 24.8 Å². The number of aliphatic carboxylic acids is 1. The highest BCUT2D eigenvalue weighted by Crippen LogP contribution is 1.76. The van der Waals surface area contributed by atoms with Crippen molar-refractivity contribution in [2.24, 2.45) is 0 Å². The summed E-state index contributed by atoms with van der Waals surface area (Å²) in [6, 6.07) is 0. The molecule has 1 N–H and O–H groups in total. The third-order valence-corrected chi connectivity index (χ3v) is 0.496. The first kappa shape index (κ1) is 15.9. The van der Waals surface area contributed by atoms with Crippen molar-refractivity contribution in [1.29, 1.82) is 0 Å². The largest absolute Gasteiger partial charge is 0.478 e. The zero-order chi connectivity index (χ0) is 5.70. The smallest absolute Gasteiger partial charge is 0.327 e. The van der Waals surface area contributed by atoms with Crippen LogP contribution in [0.5, 0.6) is 0 Å². The molecule has 0 aliphatic heterocycles. The van der Waals surface area contributed by atoms with Gasteiger partial charge in [0.25, 0.3) is 0 Å². The maximum atomic E-state index is 9.67. The van der Waals surface area contributed by atoms with E-state index < -0.39 is 5.97 Å². The van der Waals surface area contributed by atoms with Crippen molar-refractivity contribution < 1.29 is 9.90 Å². The molecule has 0 aromatic rings. The second kappa shape index (κ2) is 10.7. The molecule has 0 atom stereocenters. The molecule has 0 aliphatic rings. The number of hydrogen-bond acceptors (Lipinski definition) is 1. The van der Waals surface area contributed by atoms with E-state index >= 15 is 0 Å². The van der Waals surface area contributed by atoms with E-state index in [1.54, 1.807) is 6.08 Å². The van der Waals surface area contributed by atoms with Crippen LogP contribution in [0.4, 0.5) is 0 Å². The maximum Gasteiger partial charge on any atom is 0.327 e. The van der Waals surface area contributed by atoms with Gasteiger partial charge >= 0.3 is 5.97 Å². The Balaban J connectivity index is -0.000000180. The molecule has 0 unspecified atom stereocenters. The third-order valence-electron chi connectivity index (χ3n) is 0.496. The van der Waals surface area contributed by atoms with Crippen molar-refractivity contribution in [3.05, 3.63) is 12.2 Å². The van der Waals surface area contributed by atoms with E-state index in [1.165, 1.54) is 0 Å². The molecule has 0 aromatic heterocycles. The molecule has 0 amide bonds. The Morgan fingerprint density at radius 3 is 2.11 bits per heavy atom. The van der Waals surface area contributed by atoms with Crippen molar-refractivity contribution in [2.75, 3.05) is 0 Å². The fraction of sp³-hybridized carbons (Fsp3) is 0.400. The summed E-state index contributed by atoms with van der Waals surface area (Å²) in [6.45, 7) is 1.89. The van der Waals surface area contributed by atoms with Gasteiger partial charge in [-0.25, -0.2) is 4.79 Å². The number of carboxylic acids is 1. The van der Waals surface area contributed by atoms with Crippen LogP contribution in [0.1, 0.15) is 13.3 Å². The molecule has 0 saturated heterocycles. The number of rotatable bonds is 2. The fourth-order valence-corrected chi connectivity index (χ4v) is 0.219. The predicted octanol–water partition coefficient (Wildman–Crippen LogP) is 1.88. The predicted molar refractivity (Wildman–Crippen MR) is 41.6 cm³/mol. The van der Waals surface area contributed by atoms with Crippen molar-refractivity contribution >= 4 is 30.8 Å². The molecule has 0 heterocycles. The standard InChI is InChI=1S/C5H8O2.2ClH/c1-2-3-4-5(6)7;;/h3-4H,2H2,1H3,(H,6,7);2*1H/b4-3+;;. The number of carbonyl (C=O) groups is 1. The summed E-state index contributed by atoms with van der Waals surface area (Å²) in [6.07, 6.45) is 3.52. The van der Waals surface area contributed by atoms with E-state index in [9.17, 15) is 4.79 Å². The fourth-order valence-electron chi connectivity index (χ4n) is 0.219. The molecule has 0 aromatic carbocycles. The lowest BCUT2D eigenvalue weighted by Gasteiger charge is -1.73. The van der Waals surface area contributed by atoms with Crippen LogP contribution in [0, 0.1) is 0 Å². The van der Waals surface area contributed by atoms with Crippen LogP contribution < -0.4 is 0 Å². The van der Waals surface area contributed by atoms with E-state index in [4.69, 9.17) is 5.11 Å². The summed E-state index contributed by atoms with van der Waals surface area (Å²) >= 11 is 0. The Kier molecular flexibility index (Phi) is 18.9. The molecule has 4 heteroatoms. The molecule has 56 valence electrons. The van der Waals surface area contributed by atoms with E-state index in [0.29, 0.717) is 0 Å². The minimum absolute atomic E-state index is 0. The molecule has 0 saturated carbocycles. The van der Waals surface area contributed by atoms with Crippen molar-refractivity contribution in [3.63, 3.8) is 0 Å². The van der Waals surface area contributed by atoms with Gasteiger partial charge in [-0.3, -0.25) is 0 Å². The molecule has 0 spiro atoms. The summed E-state index contributed by atoms with van der Waals surface area (Å²) < 4.78 is 0. The molecule has 0 bridgehead atoms. The maximum absolute atomic E-state index is 9.67. The topological polar surface area (TPSA) is 37.3 Å².